The van der Waals surface area contributed by atoms with Crippen LogP contribution in [0.25, 0.3) is 0 Å². The number of benzene rings is 2. The smallest absolute Gasteiger partial charge is 0.243 e. The van der Waals surface area contributed by atoms with Crippen molar-refractivity contribution in [3.8, 4) is 0 Å². The van der Waals surface area contributed by atoms with Gasteiger partial charge in [-0.05, 0) is 50.6 Å². The Bertz CT molecular complexity index is 835. The van der Waals surface area contributed by atoms with Gasteiger partial charge in [0.2, 0.25) is 10.0 Å². The number of hydrogen-bond acceptors (Lipinski definition) is 3. The first-order valence-electron chi connectivity index (χ1n) is 8.90. The number of likely N-dealkylation sites (tertiary alicyclic amines) is 1. The first kappa shape index (κ1) is 16.8. The van der Waals surface area contributed by atoms with E-state index in [4.69, 9.17) is 0 Å². The Morgan fingerprint density at radius 3 is 2.08 bits per heavy atom. The second-order valence-corrected chi connectivity index (χ2v) is 9.12. The Balaban J connectivity index is 1.63. The molecule has 2 aromatic carbocycles. The molecule has 0 unspecified atom stereocenters. The largest absolute Gasteiger partial charge is 0.291 e. The Hall–Kier alpha value is -1.69. The van der Waals surface area contributed by atoms with E-state index in [0.717, 1.165) is 18.7 Å². The van der Waals surface area contributed by atoms with Crippen molar-refractivity contribution in [2.75, 3.05) is 26.2 Å². The molecular formula is C20H24N2O2S. The molecule has 0 atom stereocenters. The van der Waals surface area contributed by atoms with Crippen molar-refractivity contribution in [1.82, 2.24) is 9.21 Å². The van der Waals surface area contributed by atoms with E-state index in [1.54, 1.807) is 16.4 Å². The van der Waals surface area contributed by atoms with Gasteiger partial charge in [-0.25, -0.2) is 8.42 Å². The van der Waals surface area contributed by atoms with Gasteiger partial charge in [0.15, 0.2) is 0 Å². The van der Waals surface area contributed by atoms with Crippen molar-refractivity contribution < 1.29 is 8.42 Å². The molecule has 25 heavy (non-hydrogen) atoms. The summed E-state index contributed by atoms with van der Waals surface area (Å²) >= 11 is 0. The fourth-order valence-corrected chi connectivity index (χ4v) is 5.57. The molecule has 0 spiro atoms. The Morgan fingerprint density at radius 2 is 1.48 bits per heavy atom. The van der Waals surface area contributed by atoms with E-state index in [-0.39, 0.29) is 5.54 Å². The lowest BCUT2D eigenvalue weighted by molar-refractivity contribution is -0.00163. The fourth-order valence-electron chi connectivity index (χ4n) is 4.03. The van der Waals surface area contributed by atoms with E-state index in [9.17, 15) is 8.42 Å². The van der Waals surface area contributed by atoms with Crippen LogP contribution in [0, 0.1) is 6.92 Å². The van der Waals surface area contributed by atoms with Crippen LogP contribution < -0.4 is 0 Å². The van der Waals surface area contributed by atoms with Gasteiger partial charge in [-0.1, -0.05) is 48.0 Å². The molecule has 4 nitrogen and oxygen atoms in total. The van der Waals surface area contributed by atoms with E-state index in [0.29, 0.717) is 18.0 Å². The number of rotatable bonds is 4. The minimum Gasteiger partial charge on any atom is -0.291 e. The van der Waals surface area contributed by atoms with Crippen molar-refractivity contribution in [3.63, 3.8) is 0 Å². The quantitative estimate of drug-likeness (QED) is 0.846. The van der Waals surface area contributed by atoms with Crippen molar-refractivity contribution in [3.05, 3.63) is 65.7 Å². The molecule has 0 aromatic heterocycles. The molecule has 0 amide bonds. The summed E-state index contributed by atoms with van der Waals surface area (Å²) in [5.41, 5.74) is 2.13. The van der Waals surface area contributed by atoms with E-state index >= 15 is 0 Å². The molecule has 0 aliphatic carbocycles. The molecule has 2 aliphatic rings. The van der Waals surface area contributed by atoms with Crippen LogP contribution in [0.4, 0.5) is 0 Å². The topological polar surface area (TPSA) is 40.6 Å². The van der Waals surface area contributed by atoms with Gasteiger partial charge in [0.05, 0.1) is 10.4 Å². The third-order valence-corrected chi connectivity index (χ3v) is 7.36. The van der Waals surface area contributed by atoms with E-state index in [1.807, 2.05) is 37.3 Å². The summed E-state index contributed by atoms with van der Waals surface area (Å²) in [4.78, 5) is 2.87. The van der Waals surface area contributed by atoms with E-state index in [2.05, 4.69) is 17.0 Å². The highest BCUT2D eigenvalue weighted by Crippen LogP contribution is 2.42. The van der Waals surface area contributed by atoms with Gasteiger partial charge in [0, 0.05) is 13.1 Å². The molecule has 0 N–H and O–H groups in total. The van der Waals surface area contributed by atoms with Gasteiger partial charge in [0.1, 0.15) is 0 Å². The summed E-state index contributed by atoms with van der Waals surface area (Å²) in [5.74, 6) is 0. The summed E-state index contributed by atoms with van der Waals surface area (Å²) in [6.45, 7) is 5.13. The SMILES string of the molecule is Cc1ccc(S(=O)(=O)N2CC(c3ccccc3)(N3CCCC3)C2)cc1. The maximum Gasteiger partial charge on any atom is 0.243 e. The predicted molar refractivity (Wildman–Crippen MR) is 98.9 cm³/mol. The molecule has 4 rings (SSSR count). The van der Waals surface area contributed by atoms with Crippen molar-refractivity contribution in [2.24, 2.45) is 0 Å². The maximum absolute atomic E-state index is 13.0. The van der Waals surface area contributed by atoms with Crippen LogP contribution in [0.3, 0.4) is 0 Å². The van der Waals surface area contributed by atoms with Gasteiger partial charge >= 0.3 is 0 Å². The van der Waals surface area contributed by atoms with Crippen molar-refractivity contribution >= 4 is 10.0 Å². The summed E-state index contributed by atoms with van der Waals surface area (Å²) in [6.07, 6.45) is 2.39. The number of sulfonamides is 1. The van der Waals surface area contributed by atoms with Crippen molar-refractivity contribution in [2.45, 2.75) is 30.2 Å². The van der Waals surface area contributed by atoms with Crippen LogP contribution in [0.1, 0.15) is 24.0 Å². The monoisotopic (exact) mass is 356 g/mol. The van der Waals surface area contributed by atoms with Crippen molar-refractivity contribution in [1.29, 1.82) is 0 Å². The second kappa shape index (κ2) is 6.24. The highest BCUT2D eigenvalue weighted by molar-refractivity contribution is 7.89. The van der Waals surface area contributed by atoms with Gasteiger partial charge in [-0.3, -0.25) is 4.90 Å². The first-order valence-corrected chi connectivity index (χ1v) is 10.3. The van der Waals surface area contributed by atoms with Gasteiger partial charge in [-0.2, -0.15) is 4.31 Å². The van der Waals surface area contributed by atoms with Crippen LogP contribution in [-0.2, 0) is 15.6 Å². The molecular weight excluding hydrogens is 332 g/mol. The zero-order chi connectivity index (χ0) is 17.5. The molecule has 2 aliphatic heterocycles. The van der Waals surface area contributed by atoms with Gasteiger partial charge in [-0.15, -0.1) is 0 Å². The summed E-state index contributed by atoms with van der Waals surface area (Å²) in [6, 6.07) is 17.5. The lowest BCUT2D eigenvalue weighted by Gasteiger charge is -2.54. The standard InChI is InChI=1S/C20H24N2O2S/c1-17-9-11-19(12-10-17)25(23,24)22-15-20(16-22,21-13-5-6-14-21)18-7-3-2-4-8-18/h2-4,7-12H,5-6,13-16H2,1H3. The highest BCUT2D eigenvalue weighted by Gasteiger charge is 2.53. The zero-order valence-electron chi connectivity index (χ0n) is 14.6. The van der Waals surface area contributed by atoms with Crippen LogP contribution in [-0.4, -0.2) is 43.8 Å². The molecule has 0 saturated carbocycles. The van der Waals surface area contributed by atoms with Crippen LogP contribution >= 0.6 is 0 Å². The first-order chi connectivity index (χ1) is 12.0. The third-order valence-electron chi connectivity index (χ3n) is 5.56. The predicted octanol–water partition coefficient (Wildman–Crippen LogP) is 2.99. The Labute approximate surface area is 150 Å². The molecule has 132 valence electrons. The molecule has 2 saturated heterocycles. The molecule has 2 fully saturated rings. The fraction of sp³-hybridized carbons (Fsp3) is 0.400. The highest BCUT2D eigenvalue weighted by atomic mass is 32.2. The lowest BCUT2D eigenvalue weighted by Crippen LogP contribution is -2.68. The zero-order valence-corrected chi connectivity index (χ0v) is 15.4. The minimum atomic E-state index is -3.42. The van der Waals surface area contributed by atoms with E-state index in [1.165, 1.54) is 18.4 Å². The average molecular weight is 356 g/mol. The summed E-state index contributed by atoms with van der Waals surface area (Å²) in [5, 5.41) is 0. The third kappa shape index (κ3) is 2.80. The van der Waals surface area contributed by atoms with Gasteiger partial charge < -0.3 is 0 Å². The van der Waals surface area contributed by atoms with Gasteiger partial charge in [0.25, 0.3) is 0 Å². The molecule has 5 heteroatoms. The van der Waals surface area contributed by atoms with Crippen LogP contribution in [0.15, 0.2) is 59.5 Å². The Morgan fingerprint density at radius 1 is 0.880 bits per heavy atom. The summed E-state index contributed by atoms with van der Waals surface area (Å²) in [7, 11) is -3.42. The number of nitrogens with zero attached hydrogens (tertiary/aromatic N) is 2. The Kier molecular flexibility index (Phi) is 4.18. The second-order valence-electron chi connectivity index (χ2n) is 7.18. The molecule has 0 bridgehead atoms. The van der Waals surface area contributed by atoms with E-state index < -0.39 is 10.0 Å². The normalized spacial score (nSPS) is 21.2. The minimum absolute atomic E-state index is 0.171. The summed E-state index contributed by atoms with van der Waals surface area (Å²) < 4.78 is 27.6. The molecule has 2 aromatic rings. The average Bonchev–Trinajstić information content (AvgIpc) is 3.10. The molecule has 2 heterocycles. The lowest BCUT2D eigenvalue weighted by atomic mass is 9.82. The maximum atomic E-state index is 13.0. The number of hydrogen-bond donors (Lipinski definition) is 0. The van der Waals surface area contributed by atoms with Crippen LogP contribution in [0.2, 0.25) is 0 Å². The molecule has 0 radical (unpaired) electrons. The van der Waals surface area contributed by atoms with Crippen LogP contribution in [0.5, 0.6) is 0 Å². The number of aryl methyl sites for hydroxylation is 1.